The maximum absolute atomic E-state index is 12.3. The molecule has 0 unspecified atom stereocenters. The fourth-order valence-electron chi connectivity index (χ4n) is 2.36. The van der Waals surface area contributed by atoms with Gasteiger partial charge in [0.25, 0.3) is 11.4 Å². The predicted octanol–water partition coefficient (Wildman–Crippen LogP) is 3.18. The average Bonchev–Trinajstić information content (AvgIpc) is 2.60. The Bertz CT molecular complexity index is 1130. The van der Waals surface area contributed by atoms with Crippen LogP contribution in [0.2, 0.25) is 0 Å². The van der Waals surface area contributed by atoms with Crippen LogP contribution in [0.25, 0.3) is 22.3 Å². The van der Waals surface area contributed by atoms with Gasteiger partial charge in [0.1, 0.15) is 5.76 Å². The first kappa shape index (κ1) is 16.7. The largest absolute Gasteiger partial charge is 0.449 e. The van der Waals surface area contributed by atoms with Crippen LogP contribution in [-0.4, -0.2) is 14.8 Å². The molecular weight excluding hydrogens is 350 g/mol. The van der Waals surface area contributed by atoms with Crippen molar-refractivity contribution < 1.29 is 19.2 Å². The van der Waals surface area contributed by atoms with Crippen molar-refractivity contribution in [2.75, 3.05) is 0 Å². The lowest BCUT2D eigenvalue weighted by molar-refractivity contribution is -0.393. The van der Waals surface area contributed by atoms with Gasteiger partial charge in [-0.1, -0.05) is 0 Å². The minimum absolute atomic E-state index is 0.0608. The van der Waals surface area contributed by atoms with Gasteiger partial charge in [0.05, 0.1) is 26.2 Å². The number of hydrogen-bond donors (Lipinski definition) is 0. The Morgan fingerprint density at radius 2 is 1.38 bits per heavy atom. The van der Waals surface area contributed by atoms with E-state index in [9.17, 15) is 35.1 Å². The molecule has 2 aromatic carbocycles. The van der Waals surface area contributed by atoms with Crippen molar-refractivity contribution in [3.63, 3.8) is 0 Å². The quantitative estimate of drug-likeness (QED) is 0.508. The molecule has 0 aliphatic carbocycles. The maximum atomic E-state index is 12.3. The molecule has 1 aromatic heterocycles. The summed E-state index contributed by atoms with van der Waals surface area (Å²) >= 11 is 0. The molecule has 130 valence electrons. The van der Waals surface area contributed by atoms with E-state index in [1.165, 1.54) is 24.3 Å². The second-order valence-corrected chi connectivity index (χ2v) is 5.13. The van der Waals surface area contributed by atoms with Gasteiger partial charge in [-0.15, -0.1) is 0 Å². The molecule has 0 saturated carbocycles. The third-order valence-electron chi connectivity index (χ3n) is 3.56. The van der Waals surface area contributed by atoms with Crippen molar-refractivity contribution in [3.05, 3.63) is 83.0 Å². The molecule has 0 aliphatic heterocycles. The molecular formula is C15H7N3O8. The topological polar surface area (TPSA) is 160 Å². The summed E-state index contributed by atoms with van der Waals surface area (Å²) in [4.78, 5) is 42.7. The van der Waals surface area contributed by atoms with Gasteiger partial charge < -0.3 is 4.42 Å². The number of benzene rings is 2. The molecule has 0 saturated heterocycles. The van der Waals surface area contributed by atoms with Crippen molar-refractivity contribution in [1.29, 1.82) is 0 Å². The van der Waals surface area contributed by atoms with Crippen molar-refractivity contribution >= 4 is 28.0 Å². The summed E-state index contributed by atoms with van der Waals surface area (Å²) in [7, 11) is 0. The van der Waals surface area contributed by atoms with Gasteiger partial charge >= 0.3 is 5.69 Å². The van der Waals surface area contributed by atoms with Gasteiger partial charge in [-0.05, 0) is 12.1 Å². The predicted molar refractivity (Wildman–Crippen MR) is 87.9 cm³/mol. The molecule has 11 heteroatoms. The van der Waals surface area contributed by atoms with Gasteiger partial charge in [-0.25, -0.2) is 0 Å². The van der Waals surface area contributed by atoms with Crippen molar-refractivity contribution in [1.82, 2.24) is 0 Å². The molecule has 0 atom stereocenters. The lowest BCUT2D eigenvalue weighted by atomic mass is 10.1. The molecule has 26 heavy (non-hydrogen) atoms. The minimum atomic E-state index is -0.891. The van der Waals surface area contributed by atoms with Crippen molar-refractivity contribution in [2.24, 2.45) is 0 Å². The van der Waals surface area contributed by atoms with Crippen LogP contribution in [0.3, 0.4) is 0 Å². The van der Waals surface area contributed by atoms with Crippen LogP contribution in [0.15, 0.2) is 51.7 Å². The smallest absolute Gasteiger partial charge is 0.319 e. The third kappa shape index (κ3) is 2.84. The van der Waals surface area contributed by atoms with Crippen LogP contribution in [-0.2, 0) is 0 Å². The monoisotopic (exact) mass is 357 g/mol. The fraction of sp³-hybridized carbons (Fsp3) is 0. The normalized spacial score (nSPS) is 10.6. The van der Waals surface area contributed by atoms with E-state index in [1.807, 2.05) is 0 Å². The molecule has 11 nitrogen and oxygen atoms in total. The highest BCUT2D eigenvalue weighted by molar-refractivity contribution is 5.89. The number of nitrogens with zero attached hydrogens (tertiary/aromatic N) is 3. The van der Waals surface area contributed by atoms with Crippen LogP contribution in [0, 0.1) is 30.3 Å². The minimum Gasteiger partial charge on any atom is -0.449 e. The molecule has 0 radical (unpaired) electrons. The van der Waals surface area contributed by atoms with Crippen LogP contribution in [0.4, 0.5) is 17.1 Å². The standard InChI is InChI=1S/C15H7N3O8/c19-13-7-14(8-1-3-9(4-2-8)16(20)21)26-15-11(13)5-10(17(22)23)6-12(15)18(24)25/h1-7H. The summed E-state index contributed by atoms with van der Waals surface area (Å²) < 4.78 is 5.42. The van der Waals surface area contributed by atoms with Gasteiger partial charge in [0.15, 0.2) is 5.43 Å². The molecule has 0 N–H and O–H groups in total. The van der Waals surface area contributed by atoms with Crippen LogP contribution in [0.1, 0.15) is 0 Å². The summed E-state index contributed by atoms with van der Waals surface area (Å²) in [5.74, 6) is -0.0608. The summed E-state index contributed by atoms with van der Waals surface area (Å²) in [5, 5.41) is 32.5. The number of hydrogen-bond acceptors (Lipinski definition) is 8. The van der Waals surface area contributed by atoms with Gasteiger partial charge in [-0.3, -0.25) is 35.1 Å². The van der Waals surface area contributed by atoms with E-state index in [4.69, 9.17) is 4.42 Å². The Hall–Kier alpha value is -4.15. The van der Waals surface area contributed by atoms with E-state index in [2.05, 4.69) is 0 Å². The second kappa shape index (κ2) is 6.05. The Balaban J connectivity index is 2.27. The summed E-state index contributed by atoms with van der Waals surface area (Å²) in [6, 6.07) is 7.61. The first-order valence-corrected chi connectivity index (χ1v) is 6.93. The Morgan fingerprint density at radius 1 is 0.769 bits per heavy atom. The molecule has 1 heterocycles. The molecule has 0 spiro atoms. The van der Waals surface area contributed by atoms with Gasteiger partial charge in [0, 0.05) is 29.8 Å². The number of nitro groups is 3. The van der Waals surface area contributed by atoms with E-state index in [1.54, 1.807) is 0 Å². The molecule has 3 aromatic rings. The Morgan fingerprint density at radius 3 is 1.92 bits per heavy atom. The zero-order valence-corrected chi connectivity index (χ0v) is 12.6. The maximum Gasteiger partial charge on any atom is 0.319 e. The zero-order valence-electron chi connectivity index (χ0n) is 12.6. The molecule has 0 aliphatic rings. The third-order valence-corrected chi connectivity index (χ3v) is 3.56. The lowest BCUT2D eigenvalue weighted by Crippen LogP contribution is -2.04. The molecule has 0 amide bonds. The van der Waals surface area contributed by atoms with Crippen LogP contribution < -0.4 is 5.43 Å². The molecule has 0 fully saturated rings. The van der Waals surface area contributed by atoms with Crippen molar-refractivity contribution in [2.45, 2.75) is 0 Å². The van der Waals surface area contributed by atoms with Crippen LogP contribution >= 0.6 is 0 Å². The number of rotatable bonds is 4. The SMILES string of the molecule is O=c1cc(-c2ccc([N+](=O)[O-])cc2)oc2c([N+](=O)[O-])cc([N+](=O)[O-])cc12. The van der Waals surface area contributed by atoms with E-state index in [0.717, 1.165) is 12.1 Å². The lowest BCUT2D eigenvalue weighted by Gasteiger charge is -2.04. The first-order valence-electron chi connectivity index (χ1n) is 6.93. The highest BCUT2D eigenvalue weighted by atomic mass is 16.6. The summed E-state index contributed by atoms with van der Waals surface area (Å²) in [6.07, 6.45) is 0. The Kier molecular flexibility index (Phi) is 3.89. The second-order valence-electron chi connectivity index (χ2n) is 5.13. The van der Waals surface area contributed by atoms with E-state index < -0.39 is 37.2 Å². The van der Waals surface area contributed by atoms with E-state index >= 15 is 0 Å². The Labute approximate surface area is 142 Å². The summed E-state index contributed by atoms with van der Waals surface area (Å²) in [6.45, 7) is 0. The number of non-ortho nitro benzene ring substituents is 3. The average molecular weight is 357 g/mol. The van der Waals surface area contributed by atoms with Gasteiger partial charge in [-0.2, -0.15) is 0 Å². The first-order chi connectivity index (χ1) is 12.3. The fourth-order valence-corrected chi connectivity index (χ4v) is 2.36. The zero-order chi connectivity index (χ0) is 19.0. The van der Waals surface area contributed by atoms with E-state index in [-0.39, 0.29) is 22.4 Å². The molecule has 0 bridgehead atoms. The number of fused-ring (bicyclic) bond motifs is 1. The highest BCUT2D eigenvalue weighted by Gasteiger charge is 2.24. The van der Waals surface area contributed by atoms with E-state index in [0.29, 0.717) is 6.07 Å². The summed E-state index contributed by atoms with van der Waals surface area (Å²) in [5.41, 5.74) is -2.37. The molecule has 3 rings (SSSR count). The highest BCUT2D eigenvalue weighted by Crippen LogP contribution is 2.32. The van der Waals surface area contributed by atoms with Crippen molar-refractivity contribution in [3.8, 4) is 11.3 Å². The number of nitro benzene ring substituents is 3. The van der Waals surface area contributed by atoms with Gasteiger partial charge in [0.2, 0.25) is 5.58 Å². The van der Waals surface area contributed by atoms with Crippen LogP contribution in [0.5, 0.6) is 0 Å².